The number of amides is 4. The number of anilines is 1. The van der Waals surface area contributed by atoms with Crippen LogP contribution in [0.2, 0.25) is 0 Å². The number of rotatable bonds is 6. The number of para-hydroxylation sites is 1. The van der Waals surface area contributed by atoms with Crippen molar-refractivity contribution in [1.82, 2.24) is 19.6 Å². The van der Waals surface area contributed by atoms with Crippen LogP contribution in [0.4, 0.5) is 15.3 Å². The van der Waals surface area contributed by atoms with Crippen molar-refractivity contribution in [2.24, 2.45) is 0 Å². The third kappa shape index (κ3) is 7.34. The maximum absolute atomic E-state index is 13.8. The van der Waals surface area contributed by atoms with Crippen molar-refractivity contribution < 1.29 is 19.1 Å². The van der Waals surface area contributed by atoms with Gasteiger partial charge in [-0.3, -0.25) is 4.79 Å². The predicted molar refractivity (Wildman–Crippen MR) is 171 cm³/mol. The molecule has 5 rings (SSSR count). The van der Waals surface area contributed by atoms with E-state index in [4.69, 9.17) is 4.74 Å². The lowest BCUT2D eigenvalue weighted by molar-refractivity contribution is -0.142. The van der Waals surface area contributed by atoms with Gasteiger partial charge in [0.2, 0.25) is 0 Å². The Labute approximate surface area is 263 Å². The van der Waals surface area contributed by atoms with E-state index in [1.54, 1.807) is 4.90 Å². The van der Waals surface area contributed by atoms with Gasteiger partial charge in [0.05, 0.1) is 0 Å². The van der Waals surface area contributed by atoms with E-state index in [9.17, 15) is 14.4 Å². The Balaban J connectivity index is 1.24. The summed E-state index contributed by atoms with van der Waals surface area (Å²) in [6.45, 7) is 6.96. The summed E-state index contributed by atoms with van der Waals surface area (Å²) in [5.41, 5.74) is 5.15. The fourth-order valence-corrected chi connectivity index (χ4v) is 7.06. The minimum absolute atomic E-state index is 0.0417. The summed E-state index contributed by atoms with van der Waals surface area (Å²) >= 11 is 3.70. The molecule has 2 aromatic carbocycles. The highest BCUT2D eigenvalue weighted by Crippen LogP contribution is 2.28. The molecule has 2 fully saturated rings. The van der Waals surface area contributed by atoms with E-state index in [1.807, 2.05) is 41.8 Å². The van der Waals surface area contributed by atoms with Gasteiger partial charge in [0.15, 0.2) is 6.10 Å². The highest BCUT2D eigenvalue weighted by Gasteiger charge is 2.36. The molecule has 232 valence electrons. The molecule has 2 saturated heterocycles. The lowest BCUT2D eigenvalue weighted by Crippen LogP contribution is -2.52. The minimum atomic E-state index is -0.909. The molecule has 0 aromatic heterocycles. The van der Waals surface area contributed by atoms with Crippen LogP contribution in [-0.4, -0.2) is 103 Å². The largest absolute Gasteiger partial charge is 0.436 e. The second kappa shape index (κ2) is 13.7. The third-order valence-electron chi connectivity index (χ3n) is 9.21. The van der Waals surface area contributed by atoms with Crippen molar-refractivity contribution >= 4 is 39.6 Å². The molecule has 0 aliphatic carbocycles. The van der Waals surface area contributed by atoms with E-state index < -0.39 is 12.2 Å². The van der Waals surface area contributed by atoms with Gasteiger partial charge < -0.3 is 29.7 Å². The van der Waals surface area contributed by atoms with Crippen LogP contribution in [0, 0.1) is 13.8 Å². The summed E-state index contributed by atoms with van der Waals surface area (Å²) in [5, 5.41) is 3.05. The molecule has 0 spiro atoms. The first-order valence-corrected chi connectivity index (χ1v) is 16.2. The van der Waals surface area contributed by atoms with Gasteiger partial charge in [0.25, 0.3) is 5.91 Å². The molecule has 1 N–H and O–H groups in total. The molecule has 0 unspecified atom stereocenters. The van der Waals surface area contributed by atoms with Crippen molar-refractivity contribution in [3.63, 3.8) is 0 Å². The molecule has 9 nitrogen and oxygen atoms in total. The van der Waals surface area contributed by atoms with Crippen molar-refractivity contribution in [1.29, 1.82) is 0 Å². The molecule has 43 heavy (non-hydrogen) atoms. The standard InChI is InChI=1S/C33H44BrN5O4/c1-22-19-23(2)30(34)25(20-22)21-29(31(40)37-14-10-26(11-15-37)36(3)4)43-33(42)38-16-12-27(13-17-38)39-18-9-24-7-5-6-8-28(24)35-32(39)41/h5-8,19-20,26-27,29H,9-18,21H2,1-4H3,(H,35,41)/t29-/m1/s1. The molecule has 2 aromatic rings. The first-order valence-electron chi connectivity index (χ1n) is 15.4. The molecule has 3 aliphatic rings. The smallest absolute Gasteiger partial charge is 0.410 e. The average Bonchev–Trinajstić information content (AvgIpc) is 3.17. The third-order valence-corrected chi connectivity index (χ3v) is 10.3. The topological polar surface area (TPSA) is 85.4 Å². The fraction of sp³-hybridized carbons (Fsp3) is 0.545. The summed E-state index contributed by atoms with van der Waals surface area (Å²) in [6, 6.07) is 12.5. The first-order chi connectivity index (χ1) is 20.6. The summed E-state index contributed by atoms with van der Waals surface area (Å²) in [4.78, 5) is 48.1. The lowest BCUT2D eigenvalue weighted by atomic mass is 9.99. The Morgan fingerprint density at radius 3 is 2.37 bits per heavy atom. The van der Waals surface area contributed by atoms with Crippen LogP contribution in [-0.2, 0) is 22.4 Å². The molecule has 3 heterocycles. The zero-order valence-corrected chi connectivity index (χ0v) is 27.4. The van der Waals surface area contributed by atoms with E-state index in [0.29, 0.717) is 58.0 Å². The maximum Gasteiger partial charge on any atom is 0.410 e. The number of fused-ring (bicyclic) bond motifs is 1. The van der Waals surface area contributed by atoms with Crippen molar-refractivity contribution in [2.75, 3.05) is 52.1 Å². The number of nitrogens with zero attached hydrogens (tertiary/aromatic N) is 4. The Bertz CT molecular complexity index is 1330. The van der Waals surface area contributed by atoms with Crippen LogP contribution in [0.15, 0.2) is 40.9 Å². The van der Waals surface area contributed by atoms with Gasteiger partial charge >= 0.3 is 12.1 Å². The zero-order valence-electron chi connectivity index (χ0n) is 25.8. The van der Waals surface area contributed by atoms with Crippen LogP contribution in [0.25, 0.3) is 0 Å². The number of benzene rings is 2. The predicted octanol–water partition coefficient (Wildman–Crippen LogP) is 5.22. The minimum Gasteiger partial charge on any atom is -0.436 e. The van der Waals surface area contributed by atoms with Crippen molar-refractivity contribution in [3.8, 4) is 0 Å². The molecule has 0 saturated carbocycles. The van der Waals surface area contributed by atoms with Gasteiger partial charge in [-0.1, -0.05) is 51.8 Å². The Kier molecular flexibility index (Phi) is 9.96. The summed E-state index contributed by atoms with van der Waals surface area (Å²) < 4.78 is 7.00. The highest BCUT2D eigenvalue weighted by molar-refractivity contribution is 9.10. The zero-order chi connectivity index (χ0) is 30.7. The van der Waals surface area contributed by atoms with Crippen LogP contribution < -0.4 is 5.32 Å². The van der Waals surface area contributed by atoms with E-state index in [-0.39, 0.29) is 18.0 Å². The summed E-state index contributed by atoms with van der Waals surface area (Å²) in [7, 11) is 4.15. The Morgan fingerprint density at radius 1 is 1.00 bits per heavy atom. The highest BCUT2D eigenvalue weighted by atomic mass is 79.9. The van der Waals surface area contributed by atoms with Crippen LogP contribution in [0.5, 0.6) is 0 Å². The van der Waals surface area contributed by atoms with Gasteiger partial charge in [0, 0.05) is 61.4 Å². The van der Waals surface area contributed by atoms with Gasteiger partial charge in [-0.05, 0) is 82.8 Å². The molecule has 0 bridgehead atoms. The van der Waals surface area contributed by atoms with Crippen LogP contribution in [0.1, 0.15) is 47.9 Å². The van der Waals surface area contributed by atoms with E-state index in [0.717, 1.165) is 51.7 Å². The molecule has 3 aliphatic heterocycles. The second-order valence-corrected chi connectivity index (χ2v) is 13.2. The summed E-state index contributed by atoms with van der Waals surface area (Å²) in [6.07, 6.45) is 2.86. The van der Waals surface area contributed by atoms with Gasteiger partial charge in [-0.15, -0.1) is 0 Å². The maximum atomic E-state index is 13.8. The first kappa shape index (κ1) is 31.3. The van der Waals surface area contributed by atoms with E-state index in [2.05, 4.69) is 58.4 Å². The SMILES string of the molecule is Cc1cc(C)c(Br)c(C[C@@H](OC(=O)N2CCC(N3CCc4ccccc4NC3=O)CC2)C(=O)N2CCC(N(C)C)CC2)c1. The molecule has 10 heteroatoms. The Morgan fingerprint density at radius 2 is 1.67 bits per heavy atom. The number of nitrogens with one attached hydrogen (secondary N) is 1. The Hall–Kier alpha value is -3.11. The van der Waals surface area contributed by atoms with Gasteiger partial charge in [-0.25, -0.2) is 9.59 Å². The number of ether oxygens (including phenoxy) is 1. The van der Waals surface area contributed by atoms with Gasteiger partial charge in [0.1, 0.15) is 0 Å². The number of halogens is 1. The average molecular weight is 655 g/mol. The molecule has 0 radical (unpaired) electrons. The van der Waals surface area contributed by atoms with E-state index in [1.165, 1.54) is 0 Å². The summed E-state index contributed by atoms with van der Waals surface area (Å²) in [5.74, 6) is -0.132. The fourth-order valence-electron chi connectivity index (χ4n) is 6.67. The number of carbonyl (C=O) groups is 3. The number of hydrogen-bond donors (Lipinski definition) is 1. The second-order valence-electron chi connectivity index (χ2n) is 12.4. The molecular weight excluding hydrogens is 610 g/mol. The number of hydrogen-bond acceptors (Lipinski definition) is 5. The quantitative estimate of drug-likeness (QED) is 0.462. The number of urea groups is 1. The number of piperidine rings is 2. The lowest BCUT2D eigenvalue weighted by Gasteiger charge is -2.39. The number of likely N-dealkylation sites (tertiary alicyclic amines) is 2. The van der Waals surface area contributed by atoms with Crippen LogP contribution in [0.3, 0.4) is 0 Å². The van der Waals surface area contributed by atoms with Gasteiger partial charge in [-0.2, -0.15) is 0 Å². The number of carbonyl (C=O) groups excluding carboxylic acids is 3. The molecular formula is C33H44BrN5O4. The normalized spacial score (nSPS) is 19.1. The van der Waals surface area contributed by atoms with E-state index >= 15 is 0 Å². The molecule has 1 atom stereocenters. The number of aryl methyl sites for hydroxylation is 2. The van der Waals surface area contributed by atoms with Crippen molar-refractivity contribution in [3.05, 3.63) is 63.1 Å². The monoisotopic (exact) mass is 653 g/mol. The van der Waals surface area contributed by atoms with Crippen molar-refractivity contribution in [2.45, 2.75) is 70.6 Å². The van der Waals surface area contributed by atoms with Crippen LogP contribution >= 0.6 is 15.9 Å². The molecule has 4 amide bonds.